The van der Waals surface area contributed by atoms with Crippen molar-refractivity contribution >= 4 is 0 Å². The molecular formula is C13H12N2O3. The van der Waals surface area contributed by atoms with Crippen LogP contribution in [0.15, 0.2) is 36.5 Å². The number of aromatic hydroxyl groups is 1. The second-order valence-electron chi connectivity index (χ2n) is 3.92. The molecule has 0 aromatic carbocycles. The summed E-state index contributed by atoms with van der Waals surface area (Å²) in [4.78, 5) is 8.29. The maximum atomic E-state index is 9.38. The summed E-state index contributed by atoms with van der Waals surface area (Å²) in [5, 5.41) is 9.38. The van der Waals surface area contributed by atoms with Crippen molar-refractivity contribution in [2.24, 2.45) is 0 Å². The highest BCUT2D eigenvalue weighted by Gasteiger charge is 2.20. The van der Waals surface area contributed by atoms with Crippen LogP contribution in [0.2, 0.25) is 0 Å². The Labute approximate surface area is 104 Å². The Morgan fingerprint density at radius 1 is 1.17 bits per heavy atom. The van der Waals surface area contributed by atoms with Crippen molar-refractivity contribution in [2.45, 2.75) is 6.29 Å². The Morgan fingerprint density at radius 3 is 2.78 bits per heavy atom. The zero-order valence-electron chi connectivity index (χ0n) is 9.61. The summed E-state index contributed by atoms with van der Waals surface area (Å²) >= 11 is 0. The summed E-state index contributed by atoms with van der Waals surface area (Å²) in [6.07, 6.45) is 1.28. The predicted octanol–water partition coefficient (Wildman–Crippen LogP) is 1.89. The molecule has 2 aromatic rings. The summed E-state index contributed by atoms with van der Waals surface area (Å²) in [7, 11) is 0. The third-order valence-corrected chi connectivity index (χ3v) is 2.67. The molecule has 3 heterocycles. The van der Waals surface area contributed by atoms with Crippen LogP contribution in [-0.4, -0.2) is 28.3 Å². The van der Waals surface area contributed by atoms with Crippen LogP contribution in [0.5, 0.6) is 5.88 Å². The van der Waals surface area contributed by atoms with Crippen LogP contribution in [0.1, 0.15) is 12.0 Å². The van der Waals surface area contributed by atoms with Gasteiger partial charge in [-0.3, -0.25) is 4.98 Å². The fourth-order valence-electron chi connectivity index (χ4n) is 1.85. The van der Waals surface area contributed by atoms with Crippen molar-refractivity contribution in [3.05, 3.63) is 42.2 Å². The van der Waals surface area contributed by atoms with Crippen LogP contribution in [0.25, 0.3) is 11.3 Å². The van der Waals surface area contributed by atoms with E-state index in [0.29, 0.717) is 18.9 Å². The summed E-state index contributed by atoms with van der Waals surface area (Å²) in [6.45, 7) is 1.17. The van der Waals surface area contributed by atoms with Crippen molar-refractivity contribution in [1.29, 1.82) is 0 Å². The Bertz CT molecular complexity index is 553. The third-order valence-electron chi connectivity index (χ3n) is 2.67. The molecule has 18 heavy (non-hydrogen) atoms. The Hall–Kier alpha value is -1.98. The van der Waals surface area contributed by atoms with Crippen LogP contribution in [0, 0.1) is 0 Å². The highest BCUT2D eigenvalue weighted by atomic mass is 16.7. The van der Waals surface area contributed by atoms with E-state index >= 15 is 0 Å². The van der Waals surface area contributed by atoms with Gasteiger partial charge >= 0.3 is 0 Å². The largest absolute Gasteiger partial charge is 0.493 e. The second-order valence-corrected chi connectivity index (χ2v) is 3.92. The lowest BCUT2D eigenvalue weighted by Gasteiger charge is -2.09. The molecule has 5 heteroatoms. The van der Waals surface area contributed by atoms with Crippen LogP contribution in [-0.2, 0) is 9.47 Å². The summed E-state index contributed by atoms with van der Waals surface area (Å²) in [5.74, 6) is -0.000714. The Balaban J connectivity index is 1.95. The zero-order chi connectivity index (χ0) is 12.4. The van der Waals surface area contributed by atoms with E-state index in [1.54, 1.807) is 12.3 Å². The molecule has 1 fully saturated rings. The van der Waals surface area contributed by atoms with Gasteiger partial charge in [-0.1, -0.05) is 6.07 Å². The molecule has 1 aliphatic heterocycles. The lowest BCUT2D eigenvalue weighted by molar-refractivity contribution is -0.0472. The van der Waals surface area contributed by atoms with Crippen LogP contribution >= 0.6 is 0 Å². The van der Waals surface area contributed by atoms with Crippen LogP contribution in [0.4, 0.5) is 0 Å². The van der Waals surface area contributed by atoms with E-state index < -0.39 is 6.29 Å². The number of aromatic nitrogens is 2. The number of hydrogen-bond acceptors (Lipinski definition) is 5. The number of nitrogens with zero attached hydrogens (tertiary/aromatic N) is 2. The van der Waals surface area contributed by atoms with E-state index in [1.807, 2.05) is 18.2 Å². The molecule has 0 spiro atoms. The Kier molecular flexibility index (Phi) is 2.92. The van der Waals surface area contributed by atoms with Gasteiger partial charge in [-0.25, -0.2) is 4.98 Å². The molecule has 2 aromatic heterocycles. The first kappa shape index (κ1) is 11.1. The standard InChI is InChI=1S/C13H12N2O3/c16-12-3-1-2-10(15-12)9-4-5-14-11(8-9)13-17-6-7-18-13/h1-5,8,13H,6-7H2,(H,15,16). The van der Waals surface area contributed by atoms with Gasteiger partial charge in [-0.05, 0) is 18.2 Å². The fraction of sp³-hybridized carbons (Fsp3) is 0.231. The number of ether oxygens (including phenoxy) is 2. The molecule has 0 saturated carbocycles. The molecule has 92 valence electrons. The summed E-state index contributed by atoms with van der Waals surface area (Å²) in [5.41, 5.74) is 2.28. The molecule has 0 radical (unpaired) electrons. The van der Waals surface area contributed by atoms with Gasteiger partial charge in [0, 0.05) is 17.8 Å². The molecule has 5 nitrogen and oxygen atoms in total. The summed E-state index contributed by atoms with van der Waals surface area (Å²) in [6, 6.07) is 8.81. The fourth-order valence-corrected chi connectivity index (χ4v) is 1.85. The van der Waals surface area contributed by atoms with E-state index in [9.17, 15) is 5.11 Å². The topological polar surface area (TPSA) is 64.5 Å². The van der Waals surface area contributed by atoms with Gasteiger partial charge in [0.2, 0.25) is 12.2 Å². The van der Waals surface area contributed by atoms with Crippen molar-refractivity contribution in [2.75, 3.05) is 13.2 Å². The zero-order valence-corrected chi connectivity index (χ0v) is 9.61. The van der Waals surface area contributed by atoms with Crippen molar-refractivity contribution in [3.8, 4) is 17.1 Å². The highest BCUT2D eigenvalue weighted by molar-refractivity contribution is 5.59. The van der Waals surface area contributed by atoms with Gasteiger partial charge in [0.15, 0.2) is 0 Å². The molecule has 1 N–H and O–H groups in total. The number of rotatable bonds is 2. The van der Waals surface area contributed by atoms with Crippen molar-refractivity contribution in [1.82, 2.24) is 9.97 Å². The number of pyridine rings is 2. The quantitative estimate of drug-likeness (QED) is 0.874. The molecule has 3 rings (SSSR count). The lowest BCUT2D eigenvalue weighted by atomic mass is 10.1. The average Bonchev–Trinajstić information content (AvgIpc) is 2.93. The van der Waals surface area contributed by atoms with E-state index in [1.165, 1.54) is 6.07 Å². The molecule has 0 aliphatic carbocycles. The molecule has 0 bridgehead atoms. The van der Waals surface area contributed by atoms with Gasteiger partial charge in [0.05, 0.1) is 24.6 Å². The molecule has 1 saturated heterocycles. The monoisotopic (exact) mass is 244 g/mol. The van der Waals surface area contributed by atoms with Crippen LogP contribution in [0.3, 0.4) is 0 Å². The van der Waals surface area contributed by atoms with E-state index in [4.69, 9.17) is 9.47 Å². The molecule has 0 amide bonds. The van der Waals surface area contributed by atoms with E-state index in [2.05, 4.69) is 9.97 Å². The van der Waals surface area contributed by atoms with E-state index in [0.717, 1.165) is 11.3 Å². The maximum absolute atomic E-state index is 9.38. The normalized spacial score (nSPS) is 16.0. The molecule has 0 atom stereocenters. The van der Waals surface area contributed by atoms with Crippen LogP contribution < -0.4 is 0 Å². The SMILES string of the molecule is Oc1cccc(-c2ccnc(C3OCCO3)c2)n1. The van der Waals surface area contributed by atoms with E-state index in [-0.39, 0.29) is 5.88 Å². The predicted molar refractivity (Wildman–Crippen MR) is 63.8 cm³/mol. The van der Waals surface area contributed by atoms with Gasteiger partial charge in [-0.15, -0.1) is 0 Å². The highest BCUT2D eigenvalue weighted by Crippen LogP contribution is 2.25. The minimum Gasteiger partial charge on any atom is -0.493 e. The first-order valence-corrected chi connectivity index (χ1v) is 5.68. The van der Waals surface area contributed by atoms with Gasteiger partial charge in [-0.2, -0.15) is 0 Å². The second kappa shape index (κ2) is 4.72. The first-order chi connectivity index (χ1) is 8.83. The summed E-state index contributed by atoms with van der Waals surface area (Å²) < 4.78 is 10.8. The minimum absolute atomic E-state index is 0.000714. The Morgan fingerprint density at radius 2 is 2.00 bits per heavy atom. The smallest absolute Gasteiger partial charge is 0.211 e. The third kappa shape index (κ3) is 2.18. The van der Waals surface area contributed by atoms with Gasteiger partial charge in [0.1, 0.15) is 0 Å². The minimum atomic E-state index is -0.401. The van der Waals surface area contributed by atoms with Gasteiger partial charge in [0.25, 0.3) is 0 Å². The van der Waals surface area contributed by atoms with Crippen molar-refractivity contribution in [3.63, 3.8) is 0 Å². The first-order valence-electron chi connectivity index (χ1n) is 5.68. The molecule has 0 unspecified atom stereocenters. The lowest BCUT2D eigenvalue weighted by Crippen LogP contribution is -2.01. The maximum Gasteiger partial charge on any atom is 0.211 e. The molecule has 1 aliphatic rings. The number of hydrogen-bond donors (Lipinski definition) is 1. The molecular weight excluding hydrogens is 232 g/mol. The van der Waals surface area contributed by atoms with Gasteiger partial charge < -0.3 is 14.6 Å². The van der Waals surface area contributed by atoms with Crippen molar-refractivity contribution < 1.29 is 14.6 Å². The average molecular weight is 244 g/mol.